The van der Waals surface area contributed by atoms with Gasteiger partial charge >= 0.3 is 0 Å². The topological polar surface area (TPSA) is 83.9 Å². The first kappa shape index (κ1) is 20.9. The molecule has 1 N–H and O–H groups in total. The summed E-state index contributed by atoms with van der Waals surface area (Å²) in [4.78, 5) is 10.2. The Balaban J connectivity index is 0.00000288. The minimum absolute atomic E-state index is 0. The Morgan fingerprint density at radius 3 is 2.83 bits per heavy atom. The number of guanidine groups is 1. The van der Waals surface area contributed by atoms with Gasteiger partial charge in [-0.25, -0.2) is 8.42 Å². The third-order valence-corrected chi connectivity index (χ3v) is 6.38. The van der Waals surface area contributed by atoms with Gasteiger partial charge < -0.3 is 15.0 Å². The summed E-state index contributed by atoms with van der Waals surface area (Å²) in [6.07, 6.45) is 3.35. The minimum atomic E-state index is -3.05. The number of ether oxygens (including phenoxy) is 1. The molecule has 0 spiro atoms. The molecule has 1 aliphatic rings. The molecule has 0 unspecified atom stereocenters. The molecule has 0 atom stereocenters. The lowest BCUT2D eigenvalue weighted by Crippen LogP contribution is -2.57. The van der Waals surface area contributed by atoms with Crippen molar-refractivity contribution in [1.29, 1.82) is 0 Å². The minimum Gasteiger partial charge on any atom is -0.490 e. The van der Waals surface area contributed by atoms with Gasteiger partial charge in [0, 0.05) is 26.3 Å². The molecular formula is C15H25IN4O3S. The van der Waals surface area contributed by atoms with Crippen molar-refractivity contribution in [2.45, 2.75) is 18.6 Å². The van der Waals surface area contributed by atoms with Gasteiger partial charge in [0.1, 0.15) is 12.4 Å². The summed E-state index contributed by atoms with van der Waals surface area (Å²) in [6, 6.07) is 3.66. The number of nitrogens with one attached hydrogen (secondary N) is 1. The van der Waals surface area contributed by atoms with E-state index in [4.69, 9.17) is 4.74 Å². The Morgan fingerprint density at radius 1 is 1.50 bits per heavy atom. The largest absolute Gasteiger partial charge is 0.490 e. The van der Waals surface area contributed by atoms with Gasteiger partial charge in [-0.3, -0.25) is 9.98 Å². The molecule has 1 aliphatic heterocycles. The molecule has 2 heterocycles. The van der Waals surface area contributed by atoms with Crippen molar-refractivity contribution in [3.05, 3.63) is 24.5 Å². The molecule has 0 aromatic carbocycles. The van der Waals surface area contributed by atoms with Crippen molar-refractivity contribution < 1.29 is 13.2 Å². The number of aliphatic imine (C=N–C) groups is 1. The van der Waals surface area contributed by atoms with E-state index in [-0.39, 0.29) is 29.7 Å². The number of aromatic nitrogens is 1. The van der Waals surface area contributed by atoms with E-state index < -0.39 is 14.6 Å². The third kappa shape index (κ3) is 5.20. The van der Waals surface area contributed by atoms with Crippen LogP contribution >= 0.6 is 24.0 Å². The molecule has 0 aliphatic carbocycles. The van der Waals surface area contributed by atoms with Crippen LogP contribution in [0.1, 0.15) is 13.8 Å². The summed E-state index contributed by atoms with van der Waals surface area (Å²) < 4.78 is 28.9. The lowest BCUT2D eigenvalue weighted by molar-refractivity contribution is 0.312. The number of hydrogen-bond donors (Lipinski definition) is 1. The van der Waals surface area contributed by atoms with Crippen LogP contribution in [0.25, 0.3) is 0 Å². The Kier molecular flexibility index (Phi) is 7.71. The molecule has 7 nitrogen and oxygen atoms in total. The van der Waals surface area contributed by atoms with Crippen LogP contribution in [-0.4, -0.2) is 68.0 Å². The van der Waals surface area contributed by atoms with Crippen molar-refractivity contribution in [3.63, 3.8) is 0 Å². The van der Waals surface area contributed by atoms with E-state index in [1.165, 1.54) is 0 Å². The lowest BCUT2D eigenvalue weighted by Gasteiger charge is -2.39. The zero-order chi connectivity index (χ0) is 16.9. The van der Waals surface area contributed by atoms with Crippen LogP contribution < -0.4 is 10.1 Å². The van der Waals surface area contributed by atoms with Gasteiger partial charge in [0.25, 0.3) is 0 Å². The number of rotatable bonds is 4. The predicted octanol–water partition coefficient (Wildman–Crippen LogP) is 1.16. The van der Waals surface area contributed by atoms with E-state index in [2.05, 4.69) is 15.3 Å². The van der Waals surface area contributed by atoms with Gasteiger partial charge in [-0.05, 0) is 26.0 Å². The van der Waals surface area contributed by atoms with E-state index in [1.807, 2.05) is 17.0 Å². The summed E-state index contributed by atoms with van der Waals surface area (Å²) in [5.41, 5.74) is 0. The van der Waals surface area contributed by atoms with Crippen molar-refractivity contribution in [1.82, 2.24) is 15.2 Å². The van der Waals surface area contributed by atoms with Crippen molar-refractivity contribution in [2.75, 3.05) is 39.0 Å². The second kappa shape index (κ2) is 8.84. The van der Waals surface area contributed by atoms with E-state index in [0.29, 0.717) is 32.2 Å². The number of pyridine rings is 1. The summed E-state index contributed by atoms with van der Waals surface area (Å²) in [5.74, 6) is 1.56. The summed E-state index contributed by atoms with van der Waals surface area (Å²) in [7, 11) is -1.36. The maximum absolute atomic E-state index is 12.1. The van der Waals surface area contributed by atoms with E-state index >= 15 is 0 Å². The van der Waals surface area contributed by atoms with E-state index in [1.54, 1.807) is 33.3 Å². The first-order valence-corrected chi connectivity index (χ1v) is 9.22. The van der Waals surface area contributed by atoms with Crippen LogP contribution in [0.4, 0.5) is 0 Å². The smallest absolute Gasteiger partial charge is 0.193 e. The Labute approximate surface area is 160 Å². The maximum atomic E-state index is 12.1. The van der Waals surface area contributed by atoms with Crippen molar-refractivity contribution in [3.8, 4) is 5.75 Å². The van der Waals surface area contributed by atoms with Gasteiger partial charge in [-0.15, -0.1) is 24.0 Å². The number of halogens is 1. The highest BCUT2D eigenvalue weighted by Crippen LogP contribution is 2.23. The fourth-order valence-electron chi connectivity index (χ4n) is 2.42. The fraction of sp³-hybridized carbons (Fsp3) is 0.600. The van der Waals surface area contributed by atoms with Crippen LogP contribution in [0.2, 0.25) is 0 Å². The number of nitrogens with zero attached hydrogens (tertiary/aromatic N) is 3. The van der Waals surface area contributed by atoms with Crippen LogP contribution in [0.15, 0.2) is 29.5 Å². The quantitative estimate of drug-likeness (QED) is 0.309. The number of sulfone groups is 1. The van der Waals surface area contributed by atoms with Crippen LogP contribution in [-0.2, 0) is 9.84 Å². The normalized spacial score (nSPS) is 19.3. The summed E-state index contributed by atoms with van der Waals surface area (Å²) in [6.45, 7) is 5.44. The van der Waals surface area contributed by atoms with Gasteiger partial charge in [0.2, 0.25) is 0 Å². The molecule has 24 heavy (non-hydrogen) atoms. The van der Waals surface area contributed by atoms with Crippen LogP contribution in [0.3, 0.4) is 0 Å². The fourth-order valence-corrected chi connectivity index (χ4v) is 3.79. The molecule has 0 bridgehead atoms. The third-order valence-electron chi connectivity index (χ3n) is 3.84. The lowest BCUT2D eigenvalue weighted by atomic mass is 10.2. The second-order valence-corrected chi connectivity index (χ2v) is 8.75. The molecule has 1 fully saturated rings. The van der Waals surface area contributed by atoms with Gasteiger partial charge in [-0.2, -0.15) is 0 Å². The molecule has 9 heteroatoms. The van der Waals surface area contributed by atoms with Crippen molar-refractivity contribution in [2.24, 2.45) is 4.99 Å². The predicted molar refractivity (Wildman–Crippen MR) is 106 cm³/mol. The summed E-state index contributed by atoms with van der Waals surface area (Å²) in [5, 5.41) is 3.21. The van der Waals surface area contributed by atoms with Gasteiger partial charge in [0.15, 0.2) is 15.8 Å². The molecule has 1 saturated heterocycles. The highest BCUT2D eigenvalue weighted by atomic mass is 127. The molecule has 0 radical (unpaired) electrons. The zero-order valence-electron chi connectivity index (χ0n) is 14.2. The molecule has 1 aromatic heterocycles. The van der Waals surface area contributed by atoms with E-state index in [0.717, 1.165) is 5.75 Å². The first-order valence-electron chi connectivity index (χ1n) is 7.56. The molecule has 2 rings (SSSR count). The Morgan fingerprint density at radius 2 is 2.25 bits per heavy atom. The Hall–Kier alpha value is -1.10. The molecule has 1 aromatic rings. The second-order valence-electron chi connectivity index (χ2n) is 6.01. The maximum Gasteiger partial charge on any atom is 0.193 e. The first-order chi connectivity index (χ1) is 10.9. The zero-order valence-corrected chi connectivity index (χ0v) is 17.4. The van der Waals surface area contributed by atoms with Gasteiger partial charge in [-0.1, -0.05) is 0 Å². The molecule has 0 amide bonds. The molecule has 0 saturated carbocycles. The average Bonchev–Trinajstić information content (AvgIpc) is 2.51. The SMILES string of the molecule is CN=C(NCCOc1cccnc1)N1CCS(=O)(=O)C(C)(C)C1.I. The van der Waals surface area contributed by atoms with Crippen LogP contribution in [0.5, 0.6) is 5.75 Å². The molecular weight excluding hydrogens is 443 g/mol. The number of hydrogen-bond acceptors (Lipinski definition) is 5. The molecule has 136 valence electrons. The summed E-state index contributed by atoms with van der Waals surface area (Å²) >= 11 is 0. The monoisotopic (exact) mass is 468 g/mol. The highest BCUT2D eigenvalue weighted by molar-refractivity contribution is 14.0. The Bertz CT molecular complexity index is 650. The average molecular weight is 468 g/mol. The standard InChI is InChI=1S/C15H24N4O3S.HI/c1-15(2)12-19(8-10-23(15,20)21)14(16-3)18-7-9-22-13-5-4-6-17-11-13;/h4-6,11H,7-10,12H2,1-3H3,(H,16,18);1H. The highest BCUT2D eigenvalue weighted by Gasteiger charge is 2.40. The van der Waals surface area contributed by atoms with E-state index in [9.17, 15) is 8.42 Å². The van der Waals surface area contributed by atoms with Gasteiger partial charge in [0.05, 0.1) is 23.2 Å². The van der Waals surface area contributed by atoms with Crippen molar-refractivity contribution >= 4 is 39.8 Å². The van der Waals surface area contributed by atoms with Crippen LogP contribution in [0, 0.1) is 0 Å².